The molecule has 0 aliphatic carbocycles. The van der Waals surface area contributed by atoms with Gasteiger partial charge in [-0.15, -0.1) is 0 Å². The smallest absolute Gasteiger partial charge is 0.273 e. The first kappa shape index (κ1) is 19.6. The third-order valence-corrected chi connectivity index (χ3v) is 4.24. The van der Waals surface area contributed by atoms with Crippen molar-refractivity contribution in [2.45, 2.75) is 31.7 Å². The molecule has 1 unspecified atom stereocenters. The minimum absolute atomic E-state index is 0.0771. The fourth-order valence-corrected chi connectivity index (χ4v) is 2.91. The van der Waals surface area contributed by atoms with Gasteiger partial charge in [0.2, 0.25) is 5.91 Å². The number of nitro groups is 1. The Bertz CT molecular complexity index is 652. The summed E-state index contributed by atoms with van der Waals surface area (Å²) in [4.78, 5) is 36.1. The lowest BCUT2D eigenvalue weighted by atomic mass is 10.0. The van der Waals surface area contributed by atoms with Crippen LogP contribution in [0.3, 0.4) is 0 Å². The Labute approximate surface area is 151 Å². The van der Waals surface area contributed by atoms with Crippen molar-refractivity contribution in [1.82, 2.24) is 10.2 Å². The summed E-state index contributed by atoms with van der Waals surface area (Å²) in [6.45, 7) is 1.08. The van der Waals surface area contributed by atoms with Gasteiger partial charge in [-0.2, -0.15) is 0 Å². The molecule has 1 heterocycles. The summed E-state index contributed by atoms with van der Waals surface area (Å²) in [6.07, 6.45) is 2.96. The SMILES string of the molecule is NCCC(=O)NCC1CCCCN1C(=O)COc1cccc([N+](=O)[O-])c1. The van der Waals surface area contributed by atoms with E-state index in [1.807, 2.05) is 0 Å². The summed E-state index contributed by atoms with van der Waals surface area (Å²) < 4.78 is 5.42. The highest BCUT2D eigenvalue weighted by Crippen LogP contribution is 2.20. The summed E-state index contributed by atoms with van der Waals surface area (Å²) in [5.41, 5.74) is 5.26. The van der Waals surface area contributed by atoms with E-state index in [1.54, 1.807) is 11.0 Å². The lowest BCUT2D eigenvalue weighted by molar-refractivity contribution is -0.384. The van der Waals surface area contributed by atoms with E-state index in [2.05, 4.69) is 5.32 Å². The molecule has 142 valence electrons. The van der Waals surface area contributed by atoms with Gasteiger partial charge in [0.15, 0.2) is 6.61 Å². The van der Waals surface area contributed by atoms with Gasteiger partial charge in [0, 0.05) is 38.2 Å². The Kier molecular flexibility index (Phi) is 7.34. The van der Waals surface area contributed by atoms with Crippen LogP contribution in [0.2, 0.25) is 0 Å². The highest BCUT2D eigenvalue weighted by atomic mass is 16.6. The van der Waals surface area contributed by atoms with Crippen molar-refractivity contribution in [1.29, 1.82) is 0 Å². The second-order valence-electron chi connectivity index (χ2n) is 6.12. The first-order valence-corrected chi connectivity index (χ1v) is 8.64. The number of benzene rings is 1. The van der Waals surface area contributed by atoms with Gasteiger partial charge in [0.05, 0.1) is 11.0 Å². The number of nitro benzene ring substituents is 1. The predicted molar refractivity (Wildman–Crippen MR) is 94.6 cm³/mol. The van der Waals surface area contributed by atoms with E-state index in [-0.39, 0.29) is 48.9 Å². The standard InChI is InChI=1S/C17H24N4O5/c18-8-7-16(22)19-11-14-4-1-2-9-20(14)17(23)12-26-15-6-3-5-13(10-15)21(24)25/h3,5-6,10,14H,1-2,4,7-9,11-12,18H2,(H,19,22). The van der Waals surface area contributed by atoms with Crippen molar-refractivity contribution in [3.05, 3.63) is 34.4 Å². The number of hydrogen-bond donors (Lipinski definition) is 2. The highest BCUT2D eigenvalue weighted by molar-refractivity contribution is 5.79. The molecule has 1 fully saturated rings. The molecule has 1 aliphatic rings. The average Bonchev–Trinajstić information content (AvgIpc) is 2.65. The van der Waals surface area contributed by atoms with Crippen LogP contribution in [-0.2, 0) is 9.59 Å². The molecule has 1 aliphatic heterocycles. The number of amides is 2. The number of non-ortho nitro benzene ring substituents is 1. The number of ether oxygens (including phenoxy) is 1. The maximum atomic E-state index is 12.5. The number of likely N-dealkylation sites (tertiary alicyclic amines) is 1. The maximum absolute atomic E-state index is 12.5. The quantitative estimate of drug-likeness (QED) is 0.519. The molecule has 0 saturated carbocycles. The highest BCUT2D eigenvalue weighted by Gasteiger charge is 2.27. The fraction of sp³-hybridized carbons (Fsp3) is 0.529. The number of carbonyl (C=O) groups is 2. The van der Waals surface area contributed by atoms with Gasteiger partial charge >= 0.3 is 0 Å². The molecular formula is C17H24N4O5. The first-order valence-electron chi connectivity index (χ1n) is 8.64. The summed E-state index contributed by atoms with van der Waals surface area (Å²) in [7, 11) is 0. The number of nitrogens with two attached hydrogens (primary N) is 1. The molecule has 1 atom stereocenters. The van der Waals surface area contributed by atoms with Crippen molar-refractivity contribution in [2.75, 3.05) is 26.2 Å². The number of nitrogens with one attached hydrogen (secondary N) is 1. The van der Waals surface area contributed by atoms with Gasteiger partial charge in [-0.3, -0.25) is 19.7 Å². The molecule has 0 spiro atoms. The summed E-state index contributed by atoms with van der Waals surface area (Å²) in [5.74, 6) is -0.0510. The van der Waals surface area contributed by atoms with Crippen LogP contribution in [0.25, 0.3) is 0 Å². The summed E-state index contributed by atoms with van der Waals surface area (Å²) >= 11 is 0. The summed E-state index contributed by atoms with van der Waals surface area (Å²) in [6, 6.07) is 5.65. The van der Waals surface area contributed by atoms with Crippen LogP contribution >= 0.6 is 0 Å². The average molecular weight is 364 g/mol. The van der Waals surface area contributed by atoms with Gasteiger partial charge in [-0.05, 0) is 25.3 Å². The number of nitrogens with zero attached hydrogens (tertiary/aromatic N) is 2. The third kappa shape index (κ3) is 5.69. The Morgan fingerprint density at radius 1 is 1.38 bits per heavy atom. The number of piperidine rings is 1. The van der Waals surface area contributed by atoms with Gasteiger partial charge < -0.3 is 20.7 Å². The topological polar surface area (TPSA) is 128 Å². The Morgan fingerprint density at radius 3 is 2.92 bits per heavy atom. The molecule has 1 aromatic rings. The van der Waals surface area contributed by atoms with Crippen molar-refractivity contribution >= 4 is 17.5 Å². The van der Waals surface area contributed by atoms with Crippen molar-refractivity contribution in [2.24, 2.45) is 5.73 Å². The fourth-order valence-electron chi connectivity index (χ4n) is 2.91. The van der Waals surface area contributed by atoms with E-state index >= 15 is 0 Å². The zero-order chi connectivity index (χ0) is 18.9. The Balaban J connectivity index is 1.90. The minimum atomic E-state index is -0.515. The molecule has 0 aromatic heterocycles. The molecule has 2 amide bonds. The van der Waals surface area contributed by atoms with Crippen molar-refractivity contribution < 1.29 is 19.2 Å². The molecular weight excluding hydrogens is 340 g/mol. The molecule has 2 rings (SSSR count). The second-order valence-corrected chi connectivity index (χ2v) is 6.12. The zero-order valence-electron chi connectivity index (χ0n) is 14.6. The normalized spacial score (nSPS) is 16.8. The van der Waals surface area contributed by atoms with Crippen LogP contribution in [0.4, 0.5) is 5.69 Å². The minimum Gasteiger partial charge on any atom is -0.484 e. The number of hydrogen-bond acceptors (Lipinski definition) is 6. The molecule has 3 N–H and O–H groups in total. The van der Waals surface area contributed by atoms with Crippen molar-refractivity contribution in [3.63, 3.8) is 0 Å². The third-order valence-electron chi connectivity index (χ3n) is 4.24. The molecule has 9 nitrogen and oxygen atoms in total. The van der Waals surface area contributed by atoms with E-state index in [0.717, 1.165) is 19.3 Å². The number of rotatable bonds is 8. The van der Waals surface area contributed by atoms with Crippen LogP contribution in [0, 0.1) is 10.1 Å². The van der Waals surface area contributed by atoms with Crippen LogP contribution in [-0.4, -0.2) is 53.9 Å². The van der Waals surface area contributed by atoms with Gasteiger partial charge in [0.1, 0.15) is 5.75 Å². The number of carbonyl (C=O) groups excluding carboxylic acids is 2. The van der Waals surface area contributed by atoms with Crippen molar-refractivity contribution in [3.8, 4) is 5.75 Å². The predicted octanol–water partition coefficient (Wildman–Crippen LogP) is 0.820. The molecule has 0 bridgehead atoms. The van der Waals surface area contributed by atoms with Crippen LogP contribution in [0.15, 0.2) is 24.3 Å². The van der Waals surface area contributed by atoms with E-state index < -0.39 is 4.92 Å². The molecule has 1 saturated heterocycles. The largest absolute Gasteiger partial charge is 0.484 e. The van der Waals surface area contributed by atoms with Gasteiger partial charge in [0.25, 0.3) is 11.6 Å². The van der Waals surface area contributed by atoms with E-state index in [4.69, 9.17) is 10.5 Å². The molecule has 26 heavy (non-hydrogen) atoms. The van der Waals surface area contributed by atoms with Gasteiger partial charge in [-0.1, -0.05) is 6.07 Å². The monoisotopic (exact) mass is 364 g/mol. The van der Waals surface area contributed by atoms with Crippen LogP contribution < -0.4 is 15.8 Å². The van der Waals surface area contributed by atoms with E-state index in [0.29, 0.717) is 13.1 Å². The first-order chi connectivity index (χ1) is 12.5. The van der Waals surface area contributed by atoms with Crippen LogP contribution in [0.1, 0.15) is 25.7 Å². The summed E-state index contributed by atoms with van der Waals surface area (Å²) in [5, 5.41) is 13.6. The van der Waals surface area contributed by atoms with Crippen LogP contribution in [0.5, 0.6) is 5.75 Å². The second kappa shape index (κ2) is 9.71. The lowest BCUT2D eigenvalue weighted by Crippen LogP contribution is -2.50. The zero-order valence-corrected chi connectivity index (χ0v) is 14.6. The van der Waals surface area contributed by atoms with E-state index in [1.165, 1.54) is 18.2 Å². The molecule has 9 heteroatoms. The van der Waals surface area contributed by atoms with Gasteiger partial charge in [-0.25, -0.2) is 0 Å². The molecule has 1 aromatic carbocycles. The Hall–Kier alpha value is -2.68. The Morgan fingerprint density at radius 2 is 2.19 bits per heavy atom. The van der Waals surface area contributed by atoms with E-state index in [9.17, 15) is 19.7 Å². The maximum Gasteiger partial charge on any atom is 0.273 e. The lowest BCUT2D eigenvalue weighted by Gasteiger charge is -2.35. The molecule has 0 radical (unpaired) electrons.